The van der Waals surface area contributed by atoms with Crippen molar-refractivity contribution in [2.24, 2.45) is 0 Å². The number of carbonyl (C=O) groups is 2. The van der Waals surface area contributed by atoms with Gasteiger partial charge in [0.1, 0.15) is 12.2 Å². The van der Waals surface area contributed by atoms with Crippen molar-refractivity contribution in [3.63, 3.8) is 0 Å². The monoisotopic (exact) mass is 518 g/mol. The second-order valence-electron chi connectivity index (χ2n) is 9.23. The van der Waals surface area contributed by atoms with Crippen LogP contribution in [0.5, 0.6) is 0 Å². The fourth-order valence-corrected chi connectivity index (χ4v) is 4.43. The number of aromatic nitrogens is 4. The molecule has 0 aliphatic carbocycles. The zero-order valence-electron chi connectivity index (χ0n) is 20.2. The number of aromatic amines is 1. The molecule has 3 atom stereocenters. The number of likely N-dealkylation sites (tertiary alicyclic amines) is 1. The third-order valence-electron chi connectivity index (χ3n) is 6.27. The summed E-state index contributed by atoms with van der Waals surface area (Å²) in [7, 11) is 0. The molecular weight excluding hydrogens is 492 g/mol. The van der Waals surface area contributed by atoms with E-state index in [4.69, 9.17) is 0 Å². The van der Waals surface area contributed by atoms with Crippen LogP contribution in [0.25, 0.3) is 0 Å². The fourth-order valence-electron chi connectivity index (χ4n) is 4.43. The molecule has 1 aliphatic rings. The third kappa shape index (κ3) is 5.95. The Morgan fingerprint density at radius 2 is 1.92 bits per heavy atom. The van der Waals surface area contributed by atoms with Crippen LogP contribution in [0, 0.1) is 0 Å². The van der Waals surface area contributed by atoms with Crippen LogP contribution in [0.1, 0.15) is 60.3 Å². The Bertz CT molecular complexity index is 1230. The highest BCUT2D eigenvalue weighted by Gasteiger charge is 2.41. The van der Waals surface area contributed by atoms with E-state index >= 15 is 0 Å². The number of alkyl halides is 4. The summed E-state index contributed by atoms with van der Waals surface area (Å²) in [5, 5.41) is 12.6. The molecule has 196 valence electrons. The van der Waals surface area contributed by atoms with Crippen molar-refractivity contribution < 1.29 is 27.2 Å². The smallest absolute Gasteiger partial charge is 0.342 e. The summed E-state index contributed by atoms with van der Waals surface area (Å²) in [6.45, 7) is 3.01. The molecule has 1 fully saturated rings. The summed E-state index contributed by atoms with van der Waals surface area (Å²) in [6.07, 6.45) is -3.93. The molecule has 0 bridgehead atoms. The van der Waals surface area contributed by atoms with E-state index in [1.807, 2.05) is 0 Å². The minimum atomic E-state index is -4.63. The maximum absolute atomic E-state index is 14.4. The van der Waals surface area contributed by atoms with Gasteiger partial charge in [-0.1, -0.05) is 44.2 Å². The number of pyridine rings is 1. The Labute approximate surface area is 210 Å². The van der Waals surface area contributed by atoms with Gasteiger partial charge in [-0.05, 0) is 23.1 Å². The fraction of sp³-hybridized carbons (Fsp3) is 0.400. The highest BCUT2D eigenvalue weighted by atomic mass is 19.4. The van der Waals surface area contributed by atoms with E-state index in [1.54, 1.807) is 44.2 Å². The first-order valence-corrected chi connectivity index (χ1v) is 11.7. The van der Waals surface area contributed by atoms with Gasteiger partial charge in [0, 0.05) is 12.6 Å². The Morgan fingerprint density at radius 1 is 1.19 bits per heavy atom. The highest BCUT2D eigenvalue weighted by Crippen LogP contribution is 2.37. The van der Waals surface area contributed by atoms with Crippen molar-refractivity contribution in [3.05, 3.63) is 76.9 Å². The SMILES string of the molecule is CC(C)c1cnc([C@@H](NC(=O)[C@@H]2C[C@@H](F)CN2C(=O)Cc2cn[nH]n2)c2ccccc2)cc1C(F)(F)F. The third-order valence-corrected chi connectivity index (χ3v) is 6.27. The lowest BCUT2D eigenvalue weighted by molar-refractivity contribution is -0.138. The van der Waals surface area contributed by atoms with Crippen molar-refractivity contribution in [2.45, 2.75) is 57.0 Å². The maximum Gasteiger partial charge on any atom is 0.416 e. The van der Waals surface area contributed by atoms with Crippen LogP contribution in [0.15, 0.2) is 48.8 Å². The second-order valence-corrected chi connectivity index (χ2v) is 9.23. The molecule has 3 heterocycles. The summed E-state index contributed by atoms with van der Waals surface area (Å²) >= 11 is 0. The normalized spacial score (nSPS) is 18.7. The number of nitrogens with one attached hydrogen (secondary N) is 2. The van der Waals surface area contributed by atoms with Gasteiger partial charge in [-0.25, -0.2) is 4.39 Å². The Balaban J connectivity index is 1.65. The number of hydrogen-bond acceptors (Lipinski definition) is 5. The average Bonchev–Trinajstić information content (AvgIpc) is 3.51. The Kier molecular flexibility index (Phi) is 7.55. The van der Waals surface area contributed by atoms with Crippen LogP contribution in [0.3, 0.4) is 0 Å². The van der Waals surface area contributed by atoms with E-state index in [1.165, 1.54) is 12.4 Å². The molecule has 37 heavy (non-hydrogen) atoms. The number of amides is 2. The van der Waals surface area contributed by atoms with Crippen molar-refractivity contribution in [1.29, 1.82) is 0 Å². The first kappa shape index (κ1) is 26.2. The van der Waals surface area contributed by atoms with E-state index in [0.717, 1.165) is 11.0 Å². The van der Waals surface area contributed by atoms with Gasteiger partial charge in [0.05, 0.1) is 42.2 Å². The zero-order valence-corrected chi connectivity index (χ0v) is 20.2. The Hall–Kier alpha value is -3.83. The average molecular weight is 519 g/mol. The van der Waals surface area contributed by atoms with Crippen LogP contribution < -0.4 is 5.32 Å². The predicted octanol–water partition coefficient (Wildman–Crippen LogP) is 3.73. The number of halogens is 4. The van der Waals surface area contributed by atoms with Gasteiger partial charge in [0.25, 0.3) is 0 Å². The standard InChI is InChI=1S/C25H26F4N6O2/c1-14(2)18-12-30-20(10-19(18)25(27,28)29)23(15-6-4-3-5-7-15)32-24(37)21-8-16(26)13-35(21)22(36)9-17-11-31-34-33-17/h3-7,10-12,14,16,21,23H,8-9,13H2,1-2H3,(H,32,37)(H,31,33,34)/t16-,21+,23+/m1/s1. The van der Waals surface area contributed by atoms with E-state index in [0.29, 0.717) is 11.3 Å². The van der Waals surface area contributed by atoms with E-state index in [9.17, 15) is 27.2 Å². The molecule has 0 spiro atoms. The summed E-state index contributed by atoms with van der Waals surface area (Å²) in [4.78, 5) is 31.6. The van der Waals surface area contributed by atoms with Gasteiger partial charge >= 0.3 is 6.18 Å². The first-order chi connectivity index (χ1) is 17.5. The molecule has 2 N–H and O–H groups in total. The largest absolute Gasteiger partial charge is 0.416 e. The topological polar surface area (TPSA) is 104 Å². The van der Waals surface area contributed by atoms with Gasteiger partial charge in [0.15, 0.2) is 0 Å². The quantitative estimate of drug-likeness (QED) is 0.464. The molecule has 1 aliphatic heterocycles. The van der Waals surface area contributed by atoms with Crippen LogP contribution in [-0.4, -0.2) is 55.9 Å². The zero-order chi connectivity index (χ0) is 26.7. The minimum absolute atomic E-state index is 0.0217. The van der Waals surface area contributed by atoms with Gasteiger partial charge in [0.2, 0.25) is 11.8 Å². The lowest BCUT2D eigenvalue weighted by atomic mass is 9.95. The molecule has 4 rings (SSSR count). The molecular formula is C25H26F4N6O2. The summed E-state index contributed by atoms with van der Waals surface area (Å²) in [5.41, 5.74) is 0.00482. The van der Waals surface area contributed by atoms with Crippen LogP contribution in [0.4, 0.5) is 17.6 Å². The van der Waals surface area contributed by atoms with Crippen molar-refractivity contribution >= 4 is 11.8 Å². The number of hydrogen-bond donors (Lipinski definition) is 2. The van der Waals surface area contributed by atoms with E-state index in [-0.39, 0.29) is 30.6 Å². The summed E-state index contributed by atoms with van der Waals surface area (Å²) < 4.78 is 56.0. The van der Waals surface area contributed by atoms with E-state index in [2.05, 4.69) is 25.7 Å². The van der Waals surface area contributed by atoms with Crippen LogP contribution >= 0.6 is 0 Å². The highest BCUT2D eigenvalue weighted by molar-refractivity contribution is 5.89. The van der Waals surface area contributed by atoms with Gasteiger partial charge in [-0.15, -0.1) is 0 Å². The predicted molar refractivity (Wildman–Crippen MR) is 125 cm³/mol. The molecule has 1 saturated heterocycles. The van der Waals surface area contributed by atoms with Crippen LogP contribution in [-0.2, 0) is 22.2 Å². The maximum atomic E-state index is 14.4. The molecule has 2 amide bonds. The number of H-pyrrole nitrogens is 1. The number of benzene rings is 1. The number of carbonyl (C=O) groups excluding carboxylic acids is 2. The Morgan fingerprint density at radius 3 is 2.54 bits per heavy atom. The van der Waals surface area contributed by atoms with Crippen molar-refractivity contribution in [3.8, 4) is 0 Å². The lowest BCUT2D eigenvalue weighted by Gasteiger charge is -2.27. The van der Waals surface area contributed by atoms with E-state index < -0.39 is 47.7 Å². The molecule has 0 unspecified atom stereocenters. The summed E-state index contributed by atoms with van der Waals surface area (Å²) in [5.74, 6) is -1.62. The molecule has 0 saturated carbocycles. The molecule has 12 heteroatoms. The lowest BCUT2D eigenvalue weighted by Crippen LogP contribution is -2.47. The van der Waals surface area contributed by atoms with Gasteiger partial charge in [-0.3, -0.25) is 14.6 Å². The summed E-state index contributed by atoms with van der Waals surface area (Å²) in [6, 6.07) is 7.14. The molecule has 3 aromatic rings. The minimum Gasteiger partial charge on any atom is -0.342 e. The second kappa shape index (κ2) is 10.7. The van der Waals surface area contributed by atoms with Gasteiger partial charge in [-0.2, -0.15) is 28.6 Å². The first-order valence-electron chi connectivity index (χ1n) is 11.7. The van der Waals surface area contributed by atoms with Crippen molar-refractivity contribution in [1.82, 2.24) is 30.6 Å². The number of nitrogens with zero attached hydrogens (tertiary/aromatic N) is 4. The molecule has 8 nitrogen and oxygen atoms in total. The molecule has 2 aromatic heterocycles. The van der Waals surface area contributed by atoms with Gasteiger partial charge < -0.3 is 10.2 Å². The van der Waals surface area contributed by atoms with Crippen LogP contribution in [0.2, 0.25) is 0 Å². The molecule has 0 radical (unpaired) electrons. The number of rotatable bonds is 7. The van der Waals surface area contributed by atoms with Crippen molar-refractivity contribution in [2.75, 3.05) is 6.54 Å². The molecule has 1 aromatic carbocycles.